The molecule has 9 heteroatoms. The third-order valence-corrected chi connectivity index (χ3v) is 3.45. The Morgan fingerprint density at radius 3 is 2.31 bits per heavy atom. The summed E-state index contributed by atoms with van der Waals surface area (Å²) < 4.78 is 46.3. The van der Waals surface area contributed by atoms with Gasteiger partial charge in [-0.3, -0.25) is 14.9 Å². The Labute approximate surface area is 143 Å². The van der Waals surface area contributed by atoms with Crippen LogP contribution in [0.15, 0.2) is 53.5 Å². The summed E-state index contributed by atoms with van der Waals surface area (Å²) in [5.74, 6) is -3.24. The zero-order valence-corrected chi connectivity index (χ0v) is 12.8. The molecule has 0 aliphatic rings. The highest BCUT2D eigenvalue weighted by Crippen LogP contribution is 2.37. The van der Waals surface area contributed by atoms with Gasteiger partial charge in [0.05, 0.1) is 4.92 Å². The molecule has 3 rings (SSSR count). The van der Waals surface area contributed by atoms with E-state index in [1.165, 1.54) is 0 Å². The fourth-order valence-electron chi connectivity index (χ4n) is 2.26. The van der Waals surface area contributed by atoms with E-state index in [-0.39, 0.29) is 28.3 Å². The Morgan fingerprint density at radius 2 is 1.65 bits per heavy atom. The van der Waals surface area contributed by atoms with Gasteiger partial charge in [-0.1, -0.05) is 0 Å². The molecular formula is C17H9F3N2O4. The third kappa shape index (κ3) is 3.41. The van der Waals surface area contributed by atoms with Gasteiger partial charge in [0.25, 0.3) is 11.2 Å². The van der Waals surface area contributed by atoms with Crippen molar-refractivity contribution < 1.29 is 22.8 Å². The molecule has 0 amide bonds. The number of nitro groups is 1. The van der Waals surface area contributed by atoms with Gasteiger partial charge in [0.2, 0.25) is 0 Å². The Morgan fingerprint density at radius 1 is 0.923 bits per heavy atom. The number of nitrogens with one attached hydrogen (secondary N) is 1. The summed E-state index contributed by atoms with van der Waals surface area (Å²) >= 11 is 0. The number of benzene rings is 2. The number of aromatic nitrogens is 1. The third-order valence-electron chi connectivity index (χ3n) is 3.45. The molecule has 0 saturated carbocycles. The molecule has 26 heavy (non-hydrogen) atoms. The summed E-state index contributed by atoms with van der Waals surface area (Å²) in [6.45, 7) is 0. The van der Waals surface area contributed by atoms with Gasteiger partial charge < -0.3 is 9.72 Å². The summed E-state index contributed by atoms with van der Waals surface area (Å²) in [6, 6.07) is 6.51. The second-order valence-electron chi connectivity index (χ2n) is 5.17. The number of aromatic amines is 1. The molecule has 0 radical (unpaired) electrons. The van der Waals surface area contributed by atoms with Crippen molar-refractivity contribution >= 4 is 5.69 Å². The van der Waals surface area contributed by atoms with Gasteiger partial charge in [0.1, 0.15) is 17.4 Å². The number of non-ortho nitro benzene ring substituents is 1. The van der Waals surface area contributed by atoms with Crippen LogP contribution < -0.4 is 10.3 Å². The fraction of sp³-hybridized carbons (Fsp3) is 0. The second-order valence-corrected chi connectivity index (χ2v) is 5.17. The van der Waals surface area contributed by atoms with Crippen molar-refractivity contribution in [1.29, 1.82) is 0 Å². The smallest absolute Gasteiger partial charge is 0.270 e. The number of nitrogens with zero attached hydrogens (tertiary/aromatic N) is 1. The lowest BCUT2D eigenvalue weighted by atomic mass is 10.1. The number of pyridine rings is 1. The van der Waals surface area contributed by atoms with E-state index in [0.29, 0.717) is 12.1 Å². The lowest BCUT2D eigenvalue weighted by Crippen LogP contribution is -2.05. The van der Waals surface area contributed by atoms with Crippen LogP contribution >= 0.6 is 0 Å². The van der Waals surface area contributed by atoms with E-state index in [0.717, 1.165) is 36.5 Å². The van der Waals surface area contributed by atoms with Crippen molar-refractivity contribution in [2.24, 2.45) is 0 Å². The largest absolute Gasteiger partial charge is 0.454 e. The molecule has 0 aliphatic heterocycles. The predicted octanol–water partition coefficient (Wildman–Crippen LogP) is 4.16. The molecule has 2 aromatic carbocycles. The molecule has 0 aliphatic carbocycles. The van der Waals surface area contributed by atoms with Crippen LogP contribution in [0.5, 0.6) is 11.5 Å². The number of halogens is 3. The first kappa shape index (κ1) is 17.2. The van der Waals surface area contributed by atoms with Crippen molar-refractivity contribution in [3.63, 3.8) is 0 Å². The van der Waals surface area contributed by atoms with E-state index in [4.69, 9.17) is 4.74 Å². The molecular weight excluding hydrogens is 353 g/mol. The lowest BCUT2D eigenvalue weighted by Gasteiger charge is -2.12. The summed E-state index contributed by atoms with van der Waals surface area (Å²) in [6.07, 6.45) is 1.02. The second kappa shape index (κ2) is 6.71. The highest BCUT2D eigenvalue weighted by Gasteiger charge is 2.18. The van der Waals surface area contributed by atoms with Crippen LogP contribution in [0.3, 0.4) is 0 Å². The number of H-pyrrole nitrogens is 1. The SMILES string of the molecule is O=c1cc(F)c(-c2cc([N+](=O)[O-])ccc2Oc2ccc(F)cc2F)c[nH]1. The van der Waals surface area contributed by atoms with Crippen LogP contribution in [0.2, 0.25) is 0 Å². The minimum absolute atomic E-state index is 0.0864. The van der Waals surface area contributed by atoms with Crippen molar-refractivity contribution in [3.8, 4) is 22.6 Å². The van der Waals surface area contributed by atoms with Gasteiger partial charge >= 0.3 is 0 Å². The maximum absolute atomic E-state index is 14.2. The zero-order chi connectivity index (χ0) is 18.8. The van der Waals surface area contributed by atoms with Crippen LogP contribution in [0.25, 0.3) is 11.1 Å². The first-order valence-electron chi connectivity index (χ1n) is 7.15. The summed E-state index contributed by atoms with van der Waals surface area (Å²) in [5, 5.41) is 11.0. The average Bonchev–Trinajstić information content (AvgIpc) is 2.58. The standard InChI is InChI=1S/C17H9F3N2O4/c18-9-1-3-16(14(20)5-9)26-15-4-2-10(22(24)25)6-11(15)12-8-21-17(23)7-13(12)19/h1-8H,(H,21,23). The quantitative estimate of drug-likeness (QED) is 0.558. The molecule has 1 heterocycles. The maximum Gasteiger partial charge on any atom is 0.270 e. The van der Waals surface area contributed by atoms with Crippen LogP contribution in [-0.2, 0) is 0 Å². The van der Waals surface area contributed by atoms with Crippen LogP contribution in [0.4, 0.5) is 18.9 Å². The van der Waals surface area contributed by atoms with Crippen molar-refractivity contribution in [2.75, 3.05) is 0 Å². The Bertz CT molecular complexity index is 1070. The molecule has 0 spiro atoms. The van der Waals surface area contributed by atoms with E-state index in [9.17, 15) is 28.1 Å². The molecule has 3 aromatic rings. The number of rotatable bonds is 4. The first-order valence-corrected chi connectivity index (χ1v) is 7.15. The Hall–Kier alpha value is -3.62. The average molecular weight is 362 g/mol. The van der Waals surface area contributed by atoms with Gasteiger partial charge in [-0.2, -0.15) is 0 Å². The molecule has 132 valence electrons. The lowest BCUT2D eigenvalue weighted by molar-refractivity contribution is -0.384. The monoisotopic (exact) mass is 362 g/mol. The van der Waals surface area contributed by atoms with Crippen molar-refractivity contribution in [1.82, 2.24) is 4.98 Å². The molecule has 0 atom stereocenters. The van der Waals surface area contributed by atoms with Crippen molar-refractivity contribution in [3.05, 3.63) is 86.6 Å². The van der Waals surface area contributed by atoms with Gasteiger partial charge in [-0.15, -0.1) is 0 Å². The van der Waals surface area contributed by atoms with Gasteiger partial charge in [0.15, 0.2) is 11.6 Å². The van der Waals surface area contributed by atoms with Gasteiger partial charge in [0, 0.05) is 41.6 Å². The minimum Gasteiger partial charge on any atom is -0.454 e. The number of hydrogen-bond donors (Lipinski definition) is 1. The summed E-state index contributed by atoms with van der Waals surface area (Å²) in [5.41, 5.74) is -1.34. The molecule has 0 unspecified atom stereocenters. The minimum atomic E-state index is -1.00. The predicted molar refractivity (Wildman–Crippen MR) is 85.5 cm³/mol. The topological polar surface area (TPSA) is 85.2 Å². The number of nitro benzene ring substituents is 1. The highest BCUT2D eigenvalue weighted by atomic mass is 19.1. The maximum atomic E-state index is 14.2. The number of hydrogen-bond acceptors (Lipinski definition) is 4. The first-order chi connectivity index (χ1) is 12.3. The van der Waals surface area contributed by atoms with E-state index in [2.05, 4.69) is 4.98 Å². The molecule has 6 nitrogen and oxygen atoms in total. The summed E-state index contributed by atoms with van der Waals surface area (Å²) in [7, 11) is 0. The molecule has 0 fully saturated rings. The normalized spacial score (nSPS) is 10.6. The molecule has 1 aromatic heterocycles. The van der Waals surface area contributed by atoms with Crippen LogP contribution in [0.1, 0.15) is 0 Å². The Balaban J connectivity index is 2.15. The highest BCUT2D eigenvalue weighted by molar-refractivity contribution is 5.73. The molecule has 1 N–H and O–H groups in total. The van der Waals surface area contributed by atoms with Crippen LogP contribution in [-0.4, -0.2) is 9.91 Å². The van der Waals surface area contributed by atoms with Gasteiger partial charge in [-0.25, -0.2) is 13.2 Å². The molecule has 0 saturated heterocycles. The zero-order valence-electron chi connectivity index (χ0n) is 12.8. The van der Waals surface area contributed by atoms with E-state index >= 15 is 0 Å². The van der Waals surface area contributed by atoms with E-state index < -0.39 is 27.9 Å². The van der Waals surface area contributed by atoms with Crippen molar-refractivity contribution in [2.45, 2.75) is 0 Å². The van der Waals surface area contributed by atoms with Gasteiger partial charge in [-0.05, 0) is 18.2 Å². The van der Waals surface area contributed by atoms with E-state index in [1.54, 1.807) is 0 Å². The Kier molecular flexibility index (Phi) is 4.44. The fourth-order valence-corrected chi connectivity index (χ4v) is 2.26. The van der Waals surface area contributed by atoms with Crippen LogP contribution in [0, 0.1) is 27.6 Å². The summed E-state index contributed by atoms with van der Waals surface area (Å²) in [4.78, 5) is 23.7. The number of ether oxygens (including phenoxy) is 1. The van der Waals surface area contributed by atoms with E-state index in [1.807, 2.05) is 0 Å². The molecule has 0 bridgehead atoms.